The number of aliphatic imine (C=N–C) groups is 1. The summed E-state index contributed by atoms with van der Waals surface area (Å²) < 4.78 is 1.44. The number of nitrogens with one attached hydrogen (secondary N) is 1. The van der Waals surface area contributed by atoms with E-state index in [0.29, 0.717) is 27.7 Å². The van der Waals surface area contributed by atoms with Gasteiger partial charge in [-0.25, -0.2) is 4.68 Å². The van der Waals surface area contributed by atoms with Crippen molar-refractivity contribution in [1.82, 2.24) is 9.78 Å². The highest BCUT2D eigenvalue weighted by Crippen LogP contribution is 2.19. The molecule has 3 rings (SSSR count). The molecule has 5 nitrogen and oxygen atoms in total. The maximum Gasteiger partial charge on any atom is 0.280 e. The molecule has 0 bridgehead atoms. The Kier molecular flexibility index (Phi) is 4.27. The van der Waals surface area contributed by atoms with Crippen molar-refractivity contribution in [2.24, 2.45) is 4.99 Å². The molecule has 0 amide bonds. The molecule has 0 aliphatic heterocycles. The standard InChI is InChI=1S/C18H16ClN3O2/c1-11-3-6-14(9-17(11)19)22-18(24)16(12(2)21-22)10-20-13-4-7-15(23)8-5-13/h3-10,21,23H,1-2H3. The third-order valence-corrected chi connectivity index (χ3v) is 4.13. The molecule has 0 fully saturated rings. The van der Waals surface area contributed by atoms with E-state index in [2.05, 4.69) is 10.1 Å². The molecule has 0 unspecified atom stereocenters. The zero-order valence-corrected chi connectivity index (χ0v) is 14.0. The summed E-state index contributed by atoms with van der Waals surface area (Å²) in [6.45, 7) is 3.72. The Labute approximate surface area is 143 Å². The van der Waals surface area contributed by atoms with E-state index in [4.69, 9.17) is 11.6 Å². The topological polar surface area (TPSA) is 70.4 Å². The highest BCUT2D eigenvalue weighted by Gasteiger charge is 2.11. The summed E-state index contributed by atoms with van der Waals surface area (Å²) in [6, 6.07) is 11.9. The predicted molar refractivity (Wildman–Crippen MR) is 96.2 cm³/mol. The van der Waals surface area contributed by atoms with Crippen molar-refractivity contribution in [1.29, 1.82) is 0 Å². The minimum absolute atomic E-state index is 0.172. The lowest BCUT2D eigenvalue weighted by Gasteiger charge is -2.04. The van der Waals surface area contributed by atoms with Gasteiger partial charge in [0.15, 0.2) is 0 Å². The van der Waals surface area contributed by atoms with Gasteiger partial charge < -0.3 is 5.11 Å². The number of aromatic hydroxyl groups is 1. The first-order valence-electron chi connectivity index (χ1n) is 7.37. The van der Waals surface area contributed by atoms with E-state index in [1.54, 1.807) is 30.3 Å². The third kappa shape index (κ3) is 3.12. The number of hydrogen-bond donors (Lipinski definition) is 2. The second kappa shape index (κ2) is 6.37. The van der Waals surface area contributed by atoms with Gasteiger partial charge in [0.25, 0.3) is 5.56 Å². The number of rotatable bonds is 3. The average Bonchev–Trinajstić information content (AvgIpc) is 2.84. The maximum atomic E-state index is 12.6. The molecule has 0 radical (unpaired) electrons. The quantitative estimate of drug-likeness (QED) is 0.709. The van der Waals surface area contributed by atoms with Crippen molar-refractivity contribution < 1.29 is 5.11 Å². The SMILES string of the molecule is Cc1ccc(-n2[nH]c(C)c(C=Nc3ccc(O)cc3)c2=O)cc1Cl. The molecular formula is C18H16ClN3O2. The van der Waals surface area contributed by atoms with Gasteiger partial charge in [-0.05, 0) is 55.8 Å². The highest BCUT2D eigenvalue weighted by atomic mass is 35.5. The molecule has 0 aliphatic carbocycles. The lowest BCUT2D eigenvalue weighted by Crippen LogP contribution is -2.17. The summed E-state index contributed by atoms with van der Waals surface area (Å²) in [7, 11) is 0. The number of nitrogens with zero attached hydrogens (tertiary/aromatic N) is 2. The van der Waals surface area contributed by atoms with Crippen molar-refractivity contribution in [3.05, 3.63) is 74.7 Å². The summed E-state index contributed by atoms with van der Waals surface area (Å²) in [5.41, 5.74) is 3.25. The fourth-order valence-electron chi connectivity index (χ4n) is 2.29. The van der Waals surface area contributed by atoms with Gasteiger partial charge in [0.05, 0.1) is 16.9 Å². The van der Waals surface area contributed by atoms with Crippen LogP contribution in [0.4, 0.5) is 5.69 Å². The van der Waals surface area contributed by atoms with Crippen LogP contribution in [0.15, 0.2) is 52.3 Å². The van der Waals surface area contributed by atoms with Crippen LogP contribution in [0.5, 0.6) is 5.75 Å². The Bertz CT molecular complexity index is 969. The van der Waals surface area contributed by atoms with Gasteiger partial charge >= 0.3 is 0 Å². The van der Waals surface area contributed by atoms with Crippen LogP contribution in [0.25, 0.3) is 5.69 Å². The number of phenolic OH excluding ortho intramolecular Hbond substituents is 1. The monoisotopic (exact) mass is 341 g/mol. The van der Waals surface area contributed by atoms with Crippen LogP contribution < -0.4 is 5.56 Å². The van der Waals surface area contributed by atoms with Crippen LogP contribution in [-0.4, -0.2) is 21.1 Å². The number of aromatic nitrogens is 2. The van der Waals surface area contributed by atoms with Crippen LogP contribution in [0.3, 0.4) is 0 Å². The summed E-state index contributed by atoms with van der Waals surface area (Å²) in [5.74, 6) is 0.172. The Balaban J connectivity index is 1.99. The normalized spacial score (nSPS) is 11.3. The molecule has 0 atom stereocenters. The van der Waals surface area contributed by atoms with E-state index in [0.717, 1.165) is 5.56 Å². The van der Waals surface area contributed by atoms with Gasteiger partial charge in [0.2, 0.25) is 0 Å². The lowest BCUT2D eigenvalue weighted by molar-refractivity contribution is 0.475. The largest absolute Gasteiger partial charge is 0.508 e. The molecule has 1 heterocycles. The van der Waals surface area contributed by atoms with Gasteiger partial charge in [-0.2, -0.15) is 0 Å². The molecule has 2 aromatic carbocycles. The fourth-order valence-corrected chi connectivity index (χ4v) is 2.47. The van der Waals surface area contributed by atoms with Gasteiger partial charge in [-0.3, -0.25) is 14.9 Å². The van der Waals surface area contributed by atoms with Crippen molar-refractivity contribution >= 4 is 23.5 Å². The first-order chi connectivity index (χ1) is 11.5. The molecule has 0 spiro atoms. The number of aromatic amines is 1. The number of aryl methyl sites for hydroxylation is 2. The highest BCUT2D eigenvalue weighted by molar-refractivity contribution is 6.31. The molecular weight excluding hydrogens is 326 g/mol. The van der Waals surface area contributed by atoms with Crippen LogP contribution in [-0.2, 0) is 0 Å². The molecule has 0 saturated heterocycles. The Hall–Kier alpha value is -2.79. The van der Waals surface area contributed by atoms with Crippen molar-refractivity contribution in [2.75, 3.05) is 0 Å². The van der Waals surface area contributed by atoms with Crippen molar-refractivity contribution in [2.45, 2.75) is 13.8 Å². The minimum Gasteiger partial charge on any atom is -0.508 e. The molecule has 24 heavy (non-hydrogen) atoms. The second-order valence-electron chi connectivity index (χ2n) is 5.50. The first kappa shape index (κ1) is 16.1. The molecule has 3 aromatic rings. The number of phenols is 1. The Morgan fingerprint density at radius 3 is 2.54 bits per heavy atom. The minimum atomic E-state index is -0.199. The van der Waals surface area contributed by atoms with Crippen molar-refractivity contribution in [3.63, 3.8) is 0 Å². The van der Waals surface area contributed by atoms with Gasteiger partial charge in [0, 0.05) is 16.9 Å². The maximum absolute atomic E-state index is 12.6. The number of benzene rings is 2. The Morgan fingerprint density at radius 2 is 1.88 bits per heavy atom. The van der Waals surface area contributed by atoms with E-state index in [1.807, 2.05) is 26.0 Å². The summed E-state index contributed by atoms with van der Waals surface area (Å²) in [6.07, 6.45) is 1.52. The second-order valence-corrected chi connectivity index (χ2v) is 5.91. The molecule has 6 heteroatoms. The molecule has 0 aliphatic rings. The number of H-pyrrole nitrogens is 1. The summed E-state index contributed by atoms with van der Waals surface area (Å²) in [5, 5.41) is 12.9. The molecule has 122 valence electrons. The summed E-state index contributed by atoms with van der Waals surface area (Å²) in [4.78, 5) is 16.9. The zero-order chi connectivity index (χ0) is 17.3. The van der Waals surface area contributed by atoms with Gasteiger partial charge in [-0.15, -0.1) is 0 Å². The first-order valence-corrected chi connectivity index (χ1v) is 7.75. The zero-order valence-electron chi connectivity index (χ0n) is 13.2. The molecule has 2 N–H and O–H groups in total. The van der Waals surface area contributed by atoms with E-state index < -0.39 is 0 Å². The van der Waals surface area contributed by atoms with Crippen LogP contribution in [0.1, 0.15) is 16.8 Å². The lowest BCUT2D eigenvalue weighted by atomic mass is 10.2. The smallest absolute Gasteiger partial charge is 0.280 e. The molecule has 0 saturated carbocycles. The average molecular weight is 342 g/mol. The van der Waals surface area contributed by atoms with E-state index >= 15 is 0 Å². The van der Waals surface area contributed by atoms with Gasteiger partial charge in [0.1, 0.15) is 5.75 Å². The number of hydrogen-bond acceptors (Lipinski definition) is 3. The van der Waals surface area contributed by atoms with Gasteiger partial charge in [-0.1, -0.05) is 17.7 Å². The Morgan fingerprint density at radius 1 is 1.17 bits per heavy atom. The number of halogens is 1. The van der Waals surface area contributed by atoms with Crippen LogP contribution in [0, 0.1) is 13.8 Å². The van der Waals surface area contributed by atoms with E-state index in [1.165, 1.54) is 10.9 Å². The van der Waals surface area contributed by atoms with E-state index in [-0.39, 0.29) is 11.3 Å². The van der Waals surface area contributed by atoms with Crippen molar-refractivity contribution in [3.8, 4) is 11.4 Å². The fraction of sp³-hybridized carbons (Fsp3) is 0.111. The molecule has 1 aromatic heterocycles. The van der Waals surface area contributed by atoms with E-state index in [9.17, 15) is 9.90 Å². The third-order valence-electron chi connectivity index (χ3n) is 3.72. The summed E-state index contributed by atoms with van der Waals surface area (Å²) >= 11 is 6.14. The van der Waals surface area contributed by atoms with Crippen LogP contribution >= 0.6 is 11.6 Å². The van der Waals surface area contributed by atoms with Crippen LogP contribution in [0.2, 0.25) is 5.02 Å². The predicted octanol–water partition coefficient (Wildman–Crippen LogP) is 3.89.